The zero-order valence-corrected chi connectivity index (χ0v) is 16.1. The molecular formula is C20H23N3O2S. The van der Waals surface area contributed by atoms with Crippen molar-refractivity contribution >= 4 is 17.7 Å². The van der Waals surface area contributed by atoms with Crippen molar-refractivity contribution in [2.45, 2.75) is 30.9 Å². The molecule has 26 heavy (non-hydrogen) atoms. The molecule has 0 radical (unpaired) electrons. The smallest absolute Gasteiger partial charge is 0.287 e. The highest BCUT2D eigenvalue weighted by atomic mass is 32.2. The van der Waals surface area contributed by atoms with Crippen LogP contribution in [0, 0.1) is 13.8 Å². The molecule has 1 aromatic carbocycles. The van der Waals surface area contributed by atoms with Gasteiger partial charge < -0.3 is 9.73 Å². The van der Waals surface area contributed by atoms with Gasteiger partial charge in [-0.05, 0) is 44.0 Å². The lowest BCUT2D eigenvalue weighted by atomic mass is 10.1. The largest absolute Gasteiger partial charge is 0.459 e. The molecule has 0 saturated heterocycles. The topological polar surface area (TPSA) is 60.1 Å². The summed E-state index contributed by atoms with van der Waals surface area (Å²) in [6, 6.07) is 12.0. The molecule has 136 valence electrons. The van der Waals surface area contributed by atoms with Crippen LogP contribution in [0.15, 0.2) is 52.0 Å². The van der Waals surface area contributed by atoms with Gasteiger partial charge in [-0.3, -0.25) is 9.48 Å². The minimum absolute atomic E-state index is 0.169. The zero-order valence-electron chi connectivity index (χ0n) is 15.3. The first-order valence-electron chi connectivity index (χ1n) is 8.57. The summed E-state index contributed by atoms with van der Waals surface area (Å²) in [6.07, 6.45) is 2.33. The molecule has 1 amide bonds. The number of hydrogen-bond acceptors (Lipinski definition) is 4. The summed E-state index contributed by atoms with van der Waals surface area (Å²) in [4.78, 5) is 13.6. The fourth-order valence-corrected chi connectivity index (χ4v) is 3.79. The van der Waals surface area contributed by atoms with Crippen LogP contribution < -0.4 is 5.32 Å². The van der Waals surface area contributed by atoms with E-state index in [0.29, 0.717) is 18.1 Å². The van der Waals surface area contributed by atoms with Crippen LogP contribution >= 0.6 is 11.8 Å². The van der Waals surface area contributed by atoms with Crippen molar-refractivity contribution in [1.29, 1.82) is 0 Å². The molecule has 2 heterocycles. The molecular weight excluding hydrogens is 346 g/mol. The van der Waals surface area contributed by atoms with E-state index < -0.39 is 0 Å². The monoisotopic (exact) mass is 369 g/mol. The average molecular weight is 369 g/mol. The van der Waals surface area contributed by atoms with Crippen molar-refractivity contribution < 1.29 is 9.21 Å². The Morgan fingerprint density at radius 2 is 2.00 bits per heavy atom. The Morgan fingerprint density at radius 1 is 1.23 bits per heavy atom. The Kier molecular flexibility index (Phi) is 5.83. The van der Waals surface area contributed by atoms with Gasteiger partial charge in [0.1, 0.15) is 0 Å². The van der Waals surface area contributed by atoms with E-state index in [1.807, 2.05) is 49.8 Å². The van der Waals surface area contributed by atoms with Crippen molar-refractivity contribution in [3.63, 3.8) is 0 Å². The number of carbonyl (C=O) groups is 1. The molecule has 0 aliphatic heterocycles. The lowest BCUT2D eigenvalue weighted by Gasteiger charge is -2.06. The highest BCUT2D eigenvalue weighted by Gasteiger charge is 2.16. The molecule has 5 nitrogen and oxygen atoms in total. The van der Waals surface area contributed by atoms with E-state index in [4.69, 9.17) is 4.42 Å². The Bertz CT molecular complexity index is 884. The van der Waals surface area contributed by atoms with E-state index in [1.54, 1.807) is 18.0 Å². The van der Waals surface area contributed by atoms with Gasteiger partial charge in [-0.1, -0.05) is 18.2 Å². The SMILES string of the molecule is Cc1nn(C)c(C)c1CCNC(=O)c1occc1CSc1ccccc1. The van der Waals surface area contributed by atoms with Crippen LogP contribution in [0.1, 0.15) is 33.1 Å². The summed E-state index contributed by atoms with van der Waals surface area (Å²) >= 11 is 1.69. The lowest BCUT2D eigenvalue weighted by Crippen LogP contribution is -2.26. The molecule has 0 unspecified atom stereocenters. The summed E-state index contributed by atoms with van der Waals surface area (Å²) in [5.41, 5.74) is 4.24. The maximum absolute atomic E-state index is 12.5. The zero-order chi connectivity index (χ0) is 18.5. The van der Waals surface area contributed by atoms with Gasteiger partial charge in [0.15, 0.2) is 5.76 Å². The van der Waals surface area contributed by atoms with E-state index in [9.17, 15) is 4.79 Å². The van der Waals surface area contributed by atoms with Crippen LogP contribution in [0.2, 0.25) is 0 Å². The standard InChI is InChI=1S/C20H23N3O2S/c1-14-18(15(2)23(3)22-14)9-11-21-20(24)19-16(10-12-25-19)13-26-17-7-5-4-6-8-17/h4-8,10,12H,9,11,13H2,1-3H3,(H,21,24). The van der Waals surface area contributed by atoms with Gasteiger partial charge >= 0.3 is 0 Å². The summed E-state index contributed by atoms with van der Waals surface area (Å²) in [5, 5.41) is 7.37. The lowest BCUT2D eigenvalue weighted by molar-refractivity contribution is 0.0925. The first-order chi connectivity index (χ1) is 12.6. The number of rotatable bonds is 7. The number of nitrogens with zero attached hydrogens (tertiary/aromatic N) is 2. The quantitative estimate of drug-likeness (QED) is 0.642. The van der Waals surface area contributed by atoms with Gasteiger partial charge in [-0.2, -0.15) is 5.10 Å². The Morgan fingerprint density at radius 3 is 2.69 bits per heavy atom. The van der Waals surface area contributed by atoms with E-state index in [0.717, 1.165) is 23.4 Å². The molecule has 0 spiro atoms. The normalized spacial score (nSPS) is 10.9. The molecule has 0 aliphatic rings. The van der Waals surface area contributed by atoms with Crippen LogP contribution in [-0.2, 0) is 19.2 Å². The number of benzene rings is 1. The minimum atomic E-state index is -0.169. The molecule has 6 heteroatoms. The second kappa shape index (κ2) is 8.27. The number of aromatic nitrogens is 2. The molecule has 0 atom stereocenters. The third-order valence-electron chi connectivity index (χ3n) is 4.41. The van der Waals surface area contributed by atoms with Crippen LogP contribution in [0.3, 0.4) is 0 Å². The molecule has 0 fully saturated rings. The molecule has 0 saturated carbocycles. The van der Waals surface area contributed by atoms with Crippen molar-refractivity contribution in [3.8, 4) is 0 Å². The third-order valence-corrected chi connectivity index (χ3v) is 5.47. The van der Waals surface area contributed by atoms with Gasteiger partial charge in [0.25, 0.3) is 5.91 Å². The molecule has 0 bridgehead atoms. The second-order valence-electron chi connectivity index (χ2n) is 6.16. The summed E-state index contributed by atoms with van der Waals surface area (Å²) in [6.45, 7) is 4.59. The van der Waals surface area contributed by atoms with Gasteiger partial charge in [0.2, 0.25) is 0 Å². The van der Waals surface area contributed by atoms with Gasteiger partial charge in [0.05, 0.1) is 12.0 Å². The minimum Gasteiger partial charge on any atom is -0.459 e. The maximum atomic E-state index is 12.5. The van der Waals surface area contributed by atoms with Gasteiger partial charge in [-0.15, -0.1) is 11.8 Å². The van der Waals surface area contributed by atoms with E-state index in [-0.39, 0.29) is 5.91 Å². The number of carbonyl (C=O) groups excluding carboxylic acids is 1. The first-order valence-corrected chi connectivity index (χ1v) is 9.56. The average Bonchev–Trinajstić information content (AvgIpc) is 3.20. The number of furan rings is 1. The fourth-order valence-electron chi connectivity index (χ4n) is 2.89. The number of aryl methyl sites for hydroxylation is 2. The number of amides is 1. The van der Waals surface area contributed by atoms with Crippen LogP contribution in [0.4, 0.5) is 0 Å². The Balaban J connectivity index is 1.56. The van der Waals surface area contributed by atoms with E-state index in [1.165, 1.54) is 10.5 Å². The number of thioether (sulfide) groups is 1. The van der Waals surface area contributed by atoms with E-state index >= 15 is 0 Å². The highest BCUT2D eigenvalue weighted by Crippen LogP contribution is 2.24. The number of nitrogens with one attached hydrogen (secondary N) is 1. The fraction of sp³-hybridized carbons (Fsp3) is 0.300. The van der Waals surface area contributed by atoms with Crippen molar-refractivity contribution in [3.05, 3.63) is 70.9 Å². The van der Waals surface area contributed by atoms with Crippen molar-refractivity contribution in [1.82, 2.24) is 15.1 Å². The van der Waals surface area contributed by atoms with Gasteiger partial charge in [0, 0.05) is 35.5 Å². The summed E-state index contributed by atoms with van der Waals surface area (Å²) in [5.74, 6) is 0.926. The maximum Gasteiger partial charge on any atom is 0.287 e. The van der Waals surface area contributed by atoms with Crippen molar-refractivity contribution in [2.24, 2.45) is 7.05 Å². The molecule has 1 N–H and O–H groups in total. The van der Waals surface area contributed by atoms with Crippen molar-refractivity contribution in [2.75, 3.05) is 6.54 Å². The van der Waals surface area contributed by atoms with Gasteiger partial charge in [-0.25, -0.2) is 0 Å². The highest BCUT2D eigenvalue weighted by molar-refractivity contribution is 7.98. The molecule has 3 aromatic rings. The molecule has 0 aliphatic carbocycles. The van der Waals surface area contributed by atoms with E-state index in [2.05, 4.69) is 22.5 Å². The summed E-state index contributed by atoms with van der Waals surface area (Å²) < 4.78 is 7.30. The molecule has 2 aromatic heterocycles. The first kappa shape index (κ1) is 18.3. The third kappa shape index (κ3) is 4.19. The van der Waals surface area contributed by atoms with Crippen LogP contribution in [-0.4, -0.2) is 22.2 Å². The summed E-state index contributed by atoms with van der Waals surface area (Å²) in [7, 11) is 1.93. The Labute approximate surface area is 157 Å². The predicted octanol–water partition coefficient (Wildman–Crippen LogP) is 3.89. The van der Waals surface area contributed by atoms with Crippen LogP contribution in [0.5, 0.6) is 0 Å². The second-order valence-corrected chi connectivity index (χ2v) is 7.20. The Hall–Kier alpha value is -2.47. The predicted molar refractivity (Wildman–Crippen MR) is 103 cm³/mol. The van der Waals surface area contributed by atoms with Crippen LogP contribution in [0.25, 0.3) is 0 Å². The number of hydrogen-bond donors (Lipinski definition) is 1. The molecule has 3 rings (SSSR count).